The summed E-state index contributed by atoms with van der Waals surface area (Å²) in [7, 11) is 0. The summed E-state index contributed by atoms with van der Waals surface area (Å²) in [6.07, 6.45) is -0.407. The van der Waals surface area contributed by atoms with Crippen molar-refractivity contribution in [2.45, 2.75) is 18.9 Å². The van der Waals surface area contributed by atoms with Crippen LogP contribution in [0, 0.1) is 0 Å². The minimum atomic E-state index is -1.05. The zero-order chi connectivity index (χ0) is 22.1. The van der Waals surface area contributed by atoms with Crippen molar-refractivity contribution >= 4 is 41.0 Å². The number of nitrogens with one attached hydrogen (secondary N) is 1. The molecule has 1 fully saturated rings. The minimum Gasteiger partial charge on any atom is -0.481 e. The minimum absolute atomic E-state index is 0.0358. The van der Waals surface area contributed by atoms with E-state index in [1.807, 2.05) is 18.2 Å². The van der Waals surface area contributed by atoms with E-state index in [9.17, 15) is 19.2 Å². The summed E-state index contributed by atoms with van der Waals surface area (Å²) in [5.41, 5.74) is 2.51. The van der Waals surface area contributed by atoms with Gasteiger partial charge in [0.2, 0.25) is 11.8 Å². The molecule has 2 heterocycles. The Morgan fingerprint density at radius 1 is 1.03 bits per heavy atom. The summed E-state index contributed by atoms with van der Waals surface area (Å²) >= 11 is 5.96. The molecule has 0 aromatic heterocycles. The first-order chi connectivity index (χ1) is 14.8. The van der Waals surface area contributed by atoms with Gasteiger partial charge in [0.05, 0.1) is 24.2 Å². The lowest BCUT2D eigenvalue weighted by Gasteiger charge is -2.39. The third-order valence-electron chi connectivity index (χ3n) is 5.53. The van der Waals surface area contributed by atoms with Gasteiger partial charge in [0.15, 0.2) is 0 Å². The lowest BCUT2D eigenvalue weighted by molar-refractivity contribution is -0.142. The molecule has 0 spiro atoms. The number of carbonyl (C=O) groups is 4. The second kappa shape index (κ2) is 8.39. The Hall–Kier alpha value is -3.39. The summed E-state index contributed by atoms with van der Waals surface area (Å²) in [6.45, 7) is 0.481. The first-order valence-corrected chi connectivity index (χ1v) is 10.2. The van der Waals surface area contributed by atoms with Crippen LogP contribution in [0.2, 0.25) is 5.02 Å². The summed E-state index contributed by atoms with van der Waals surface area (Å²) in [4.78, 5) is 52.1. The van der Waals surface area contributed by atoms with Gasteiger partial charge < -0.3 is 20.2 Å². The Morgan fingerprint density at radius 3 is 2.45 bits per heavy atom. The lowest BCUT2D eigenvalue weighted by atomic mass is 10.0. The molecule has 2 aliphatic heterocycles. The number of piperazine rings is 1. The number of fused-ring (bicyclic) bond motifs is 2. The van der Waals surface area contributed by atoms with Crippen LogP contribution in [0.4, 0.5) is 5.69 Å². The molecular weight excluding hydrogens is 422 g/mol. The zero-order valence-corrected chi connectivity index (χ0v) is 17.3. The molecule has 8 nitrogen and oxygen atoms in total. The van der Waals surface area contributed by atoms with Crippen LogP contribution in [0.25, 0.3) is 11.1 Å². The van der Waals surface area contributed by atoms with Crippen molar-refractivity contribution < 1.29 is 24.3 Å². The van der Waals surface area contributed by atoms with Gasteiger partial charge in [0, 0.05) is 24.5 Å². The van der Waals surface area contributed by atoms with Gasteiger partial charge in [-0.1, -0.05) is 29.8 Å². The number of hydrogen-bond acceptors (Lipinski definition) is 4. The van der Waals surface area contributed by atoms with Crippen LogP contribution in [0.1, 0.15) is 23.2 Å². The highest BCUT2D eigenvalue weighted by Crippen LogP contribution is 2.30. The number of rotatable bonds is 4. The number of carboxylic acids is 1. The molecule has 9 heteroatoms. The number of nitrogens with zero attached hydrogens (tertiary/aromatic N) is 2. The van der Waals surface area contributed by atoms with E-state index in [1.54, 1.807) is 24.3 Å². The fourth-order valence-corrected chi connectivity index (χ4v) is 4.00. The van der Waals surface area contributed by atoms with E-state index in [2.05, 4.69) is 5.32 Å². The molecular formula is C22H20ClN3O5. The molecule has 0 saturated carbocycles. The average Bonchev–Trinajstić information content (AvgIpc) is 2.86. The molecule has 160 valence electrons. The highest BCUT2D eigenvalue weighted by atomic mass is 35.5. The second-order valence-electron chi connectivity index (χ2n) is 7.50. The number of halogens is 1. The number of anilines is 1. The largest absolute Gasteiger partial charge is 0.481 e. The van der Waals surface area contributed by atoms with E-state index in [0.717, 1.165) is 11.1 Å². The Bertz CT molecular complexity index is 1070. The normalized spacial score (nSPS) is 18.0. The molecule has 0 radical (unpaired) electrons. The van der Waals surface area contributed by atoms with E-state index in [4.69, 9.17) is 16.7 Å². The molecule has 2 aliphatic rings. The van der Waals surface area contributed by atoms with Gasteiger partial charge in [-0.25, -0.2) is 0 Å². The second-order valence-corrected chi connectivity index (χ2v) is 7.94. The van der Waals surface area contributed by atoms with Gasteiger partial charge in [-0.15, -0.1) is 0 Å². The van der Waals surface area contributed by atoms with E-state index in [1.165, 1.54) is 9.80 Å². The number of carboxylic acid groups (broad SMARTS) is 1. The fraction of sp³-hybridized carbons (Fsp3) is 0.273. The van der Waals surface area contributed by atoms with Gasteiger partial charge in [-0.2, -0.15) is 0 Å². The highest BCUT2D eigenvalue weighted by Gasteiger charge is 2.40. The van der Waals surface area contributed by atoms with Crippen LogP contribution in [0.15, 0.2) is 42.5 Å². The van der Waals surface area contributed by atoms with E-state index < -0.39 is 12.0 Å². The molecule has 1 saturated heterocycles. The number of benzene rings is 2. The third-order valence-corrected chi connectivity index (χ3v) is 5.79. The summed E-state index contributed by atoms with van der Waals surface area (Å²) in [5.74, 6) is -2.05. The molecule has 0 aliphatic carbocycles. The van der Waals surface area contributed by atoms with Crippen LogP contribution >= 0.6 is 11.6 Å². The van der Waals surface area contributed by atoms with Crippen molar-refractivity contribution in [1.82, 2.24) is 9.80 Å². The Morgan fingerprint density at radius 2 is 1.74 bits per heavy atom. The van der Waals surface area contributed by atoms with Crippen LogP contribution in [0.5, 0.6) is 0 Å². The Balaban J connectivity index is 1.58. The van der Waals surface area contributed by atoms with Crippen LogP contribution < -0.4 is 5.32 Å². The molecule has 2 aromatic rings. The molecule has 2 N–H and O–H groups in total. The first-order valence-electron chi connectivity index (χ1n) is 9.85. The molecule has 0 bridgehead atoms. The van der Waals surface area contributed by atoms with Gasteiger partial charge in [-0.05, 0) is 35.4 Å². The number of aliphatic carboxylic acids is 1. The average molecular weight is 442 g/mol. The van der Waals surface area contributed by atoms with Gasteiger partial charge in [0.1, 0.15) is 6.04 Å². The molecule has 2 aromatic carbocycles. The standard InChI is InChI=1S/C22H20ClN3O5/c23-15-4-1-13(2-5-15)14-3-6-17-16(11-14)22(31)26-10-9-25(12-18(26)21(30)24-17)19(27)7-8-20(28)29/h1-6,11,18H,7-10,12H2,(H,24,30)(H,28,29). The summed E-state index contributed by atoms with van der Waals surface area (Å²) in [5, 5.41) is 12.2. The fourth-order valence-electron chi connectivity index (χ4n) is 3.87. The maximum atomic E-state index is 13.3. The van der Waals surface area contributed by atoms with E-state index in [0.29, 0.717) is 16.3 Å². The Labute approximate surface area is 183 Å². The number of amides is 3. The van der Waals surface area contributed by atoms with Crippen molar-refractivity contribution in [2.75, 3.05) is 25.0 Å². The van der Waals surface area contributed by atoms with Crippen LogP contribution in [-0.2, 0) is 14.4 Å². The predicted octanol–water partition coefficient (Wildman–Crippen LogP) is 2.48. The van der Waals surface area contributed by atoms with Crippen molar-refractivity contribution in [2.24, 2.45) is 0 Å². The SMILES string of the molecule is O=C(O)CCC(=O)N1CCN2C(=O)c3cc(-c4ccc(Cl)cc4)ccc3NC(=O)C2C1. The maximum Gasteiger partial charge on any atom is 0.303 e. The van der Waals surface area contributed by atoms with Crippen molar-refractivity contribution in [3.63, 3.8) is 0 Å². The van der Waals surface area contributed by atoms with Crippen molar-refractivity contribution in [3.8, 4) is 11.1 Å². The van der Waals surface area contributed by atoms with Crippen LogP contribution in [0.3, 0.4) is 0 Å². The molecule has 31 heavy (non-hydrogen) atoms. The summed E-state index contributed by atoms with van der Waals surface area (Å²) in [6, 6.07) is 11.7. The van der Waals surface area contributed by atoms with Crippen LogP contribution in [-0.4, -0.2) is 64.3 Å². The van der Waals surface area contributed by atoms with E-state index in [-0.39, 0.29) is 50.2 Å². The number of hydrogen-bond donors (Lipinski definition) is 2. The van der Waals surface area contributed by atoms with Gasteiger partial charge >= 0.3 is 5.97 Å². The molecule has 1 atom stereocenters. The number of carbonyl (C=O) groups excluding carboxylic acids is 3. The Kier molecular flexibility index (Phi) is 5.65. The van der Waals surface area contributed by atoms with Crippen molar-refractivity contribution in [3.05, 3.63) is 53.1 Å². The predicted molar refractivity (Wildman–Crippen MR) is 114 cm³/mol. The molecule has 1 unspecified atom stereocenters. The van der Waals surface area contributed by atoms with Gasteiger partial charge in [0.25, 0.3) is 5.91 Å². The quantitative estimate of drug-likeness (QED) is 0.758. The summed E-state index contributed by atoms with van der Waals surface area (Å²) < 4.78 is 0. The molecule has 3 amide bonds. The smallest absolute Gasteiger partial charge is 0.303 e. The molecule has 4 rings (SSSR count). The maximum absolute atomic E-state index is 13.3. The first kappa shape index (κ1) is 20.9. The van der Waals surface area contributed by atoms with E-state index >= 15 is 0 Å². The zero-order valence-electron chi connectivity index (χ0n) is 16.5. The highest BCUT2D eigenvalue weighted by molar-refractivity contribution is 6.30. The monoisotopic (exact) mass is 441 g/mol. The topological polar surface area (TPSA) is 107 Å². The third kappa shape index (κ3) is 4.25. The van der Waals surface area contributed by atoms with Crippen molar-refractivity contribution in [1.29, 1.82) is 0 Å². The van der Waals surface area contributed by atoms with Gasteiger partial charge in [-0.3, -0.25) is 19.2 Å². The lowest BCUT2D eigenvalue weighted by Crippen LogP contribution is -2.59.